The number of amides is 2. The van der Waals surface area contributed by atoms with Crippen LogP contribution in [0.2, 0.25) is 0 Å². The predicted molar refractivity (Wildman–Crippen MR) is 89.9 cm³/mol. The molecule has 0 heterocycles. The van der Waals surface area contributed by atoms with Gasteiger partial charge in [0.05, 0.1) is 0 Å². The van der Waals surface area contributed by atoms with E-state index in [1.54, 1.807) is 62.4 Å². The zero-order valence-electron chi connectivity index (χ0n) is 13.1. The number of carbonyl (C=O) groups is 2. The van der Waals surface area contributed by atoms with Crippen LogP contribution >= 0.6 is 0 Å². The van der Waals surface area contributed by atoms with E-state index >= 15 is 0 Å². The molecular weight excluding hydrogens is 292 g/mol. The van der Waals surface area contributed by atoms with E-state index in [0.717, 1.165) is 0 Å². The Morgan fingerprint density at radius 2 is 1.43 bits per heavy atom. The molecule has 0 fully saturated rings. The van der Waals surface area contributed by atoms with Gasteiger partial charge in [0.25, 0.3) is 5.91 Å². The molecule has 0 aliphatic heterocycles. The van der Waals surface area contributed by atoms with Crippen molar-refractivity contribution in [1.29, 1.82) is 0 Å². The fourth-order valence-corrected chi connectivity index (χ4v) is 1.96. The summed E-state index contributed by atoms with van der Waals surface area (Å²) in [5.74, 6) is -0.755. The van der Waals surface area contributed by atoms with Crippen molar-refractivity contribution in [1.82, 2.24) is 0 Å². The molecule has 2 amide bonds. The predicted octanol–water partition coefficient (Wildman–Crippen LogP) is 2.95. The maximum absolute atomic E-state index is 12.1. The van der Waals surface area contributed by atoms with Crippen LogP contribution in [0.3, 0.4) is 0 Å². The minimum absolute atomic E-state index is 0.0993. The number of anilines is 2. The number of rotatable bonds is 5. The van der Waals surface area contributed by atoms with Crippen molar-refractivity contribution in [2.24, 2.45) is 5.92 Å². The number of benzene rings is 2. The Morgan fingerprint density at radius 3 is 2.00 bits per heavy atom. The lowest BCUT2D eigenvalue weighted by Crippen LogP contribution is -2.21. The number of aliphatic hydroxyl groups is 1. The third kappa shape index (κ3) is 4.66. The number of hydrogen-bond acceptors (Lipinski definition) is 3. The molecule has 2 aromatic rings. The first-order valence-corrected chi connectivity index (χ1v) is 7.42. The number of carbonyl (C=O) groups excluding carboxylic acids is 2. The summed E-state index contributed by atoms with van der Waals surface area (Å²) >= 11 is 0. The van der Waals surface area contributed by atoms with E-state index < -0.39 is 12.0 Å². The Hall–Kier alpha value is -2.66. The summed E-state index contributed by atoms with van der Waals surface area (Å²) in [5, 5.41) is 15.5. The third-order valence-corrected chi connectivity index (χ3v) is 3.29. The molecule has 0 aliphatic rings. The SMILES string of the molecule is CC(C)C(=O)Nc1cccc(NC(=O)C(O)c2ccccc2)c1. The standard InChI is InChI=1S/C18H20N2O3/c1-12(2)17(22)19-14-9-6-10-15(11-14)20-18(23)16(21)13-7-4-3-5-8-13/h3-12,16,21H,1-2H3,(H,19,22)(H,20,23). The zero-order valence-corrected chi connectivity index (χ0v) is 13.1. The van der Waals surface area contributed by atoms with Gasteiger partial charge in [0.2, 0.25) is 5.91 Å². The van der Waals surface area contributed by atoms with E-state index in [4.69, 9.17) is 0 Å². The Bertz CT molecular complexity index is 684. The average Bonchev–Trinajstić information content (AvgIpc) is 2.55. The molecule has 2 rings (SSSR count). The van der Waals surface area contributed by atoms with Crippen LogP contribution in [0.1, 0.15) is 25.5 Å². The molecule has 0 saturated carbocycles. The van der Waals surface area contributed by atoms with Crippen molar-refractivity contribution in [2.45, 2.75) is 20.0 Å². The van der Waals surface area contributed by atoms with Gasteiger partial charge in [-0.1, -0.05) is 50.2 Å². The Balaban J connectivity index is 2.05. The largest absolute Gasteiger partial charge is 0.378 e. The summed E-state index contributed by atoms with van der Waals surface area (Å²) in [4.78, 5) is 23.8. The lowest BCUT2D eigenvalue weighted by Gasteiger charge is -2.13. The second-order valence-corrected chi connectivity index (χ2v) is 5.53. The summed E-state index contributed by atoms with van der Waals surface area (Å²) in [6.07, 6.45) is -1.25. The van der Waals surface area contributed by atoms with E-state index in [2.05, 4.69) is 10.6 Å². The second-order valence-electron chi connectivity index (χ2n) is 5.53. The molecule has 120 valence electrons. The lowest BCUT2D eigenvalue weighted by atomic mass is 10.1. The van der Waals surface area contributed by atoms with Crippen LogP contribution in [-0.4, -0.2) is 16.9 Å². The highest BCUT2D eigenvalue weighted by Crippen LogP contribution is 2.19. The topological polar surface area (TPSA) is 78.4 Å². The number of nitrogens with one attached hydrogen (secondary N) is 2. The highest BCUT2D eigenvalue weighted by molar-refractivity contribution is 5.96. The molecule has 5 heteroatoms. The van der Waals surface area contributed by atoms with Crippen molar-refractivity contribution in [3.63, 3.8) is 0 Å². The van der Waals surface area contributed by atoms with Gasteiger partial charge in [-0.05, 0) is 23.8 Å². The van der Waals surface area contributed by atoms with Crippen molar-refractivity contribution in [2.75, 3.05) is 10.6 Å². The van der Waals surface area contributed by atoms with Crippen LogP contribution in [0, 0.1) is 5.92 Å². The first-order chi connectivity index (χ1) is 11.0. The van der Waals surface area contributed by atoms with Gasteiger partial charge in [-0.25, -0.2) is 0 Å². The van der Waals surface area contributed by atoms with Gasteiger partial charge in [0, 0.05) is 17.3 Å². The zero-order chi connectivity index (χ0) is 16.8. The average molecular weight is 312 g/mol. The minimum atomic E-state index is -1.25. The van der Waals surface area contributed by atoms with E-state index in [1.807, 2.05) is 6.07 Å². The molecule has 23 heavy (non-hydrogen) atoms. The summed E-state index contributed by atoms with van der Waals surface area (Å²) in [6, 6.07) is 15.5. The minimum Gasteiger partial charge on any atom is -0.378 e. The van der Waals surface area contributed by atoms with E-state index in [0.29, 0.717) is 16.9 Å². The number of hydrogen-bond donors (Lipinski definition) is 3. The van der Waals surface area contributed by atoms with Crippen LogP contribution in [0.15, 0.2) is 54.6 Å². The molecule has 3 N–H and O–H groups in total. The van der Waals surface area contributed by atoms with Gasteiger partial charge in [0.15, 0.2) is 6.10 Å². The molecule has 0 radical (unpaired) electrons. The van der Waals surface area contributed by atoms with Crippen LogP contribution in [0.25, 0.3) is 0 Å². The smallest absolute Gasteiger partial charge is 0.257 e. The van der Waals surface area contributed by atoms with Crippen LogP contribution in [0.4, 0.5) is 11.4 Å². The lowest BCUT2D eigenvalue weighted by molar-refractivity contribution is -0.124. The summed E-state index contributed by atoms with van der Waals surface area (Å²) in [6.45, 7) is 3.61. The second kappa shape index (κ2) is 7.56. The fourth-order valence-electron chi connectivity index (χ4n) is 1.96. The fraction of sp³-hybridized carbons (Fsp3) is 0.222. The highest BCUT2D eigenvalue weighted by Gasteiger charge is 2.17. The number of aliphatic hydroxyl groups excluding tert-OH is 1. The van der Waals surface area contributed by atoms with Crippen LogP contribution < -0.4 is 10.6 Å². The van der Waals surface area contributed by atoms with Crippen molar-refractivity contribution >= 4 is 23.2 Å². The third-order valence-electron chi connectivity index (χ3n) is 3.29. The maximum Gasteiger partial charge on any atom is 0.257 e. The van der Waals surface area contributed by atoms with Crippen LogP contribution in [-0.2, 0) is 9.59 Å². The van der Waals surface area contributed by atoms with Gasteiger partial charge in [-0.15, -0.1) is 0 Å². The van der Waals surface area contributed by atoms with Gasteiger partial charge in [-0.2, -0.15) is 0 Å². The molecule has 0 bridgehead atoms. The quantitative estimate of drug-likeness (QED) is 0.794. The van der Waals surface area contributed by atoms with Crippen molar-refractivity contribution in [3.8, 4) is 0 Å². The summed E-state index contributed by atoms with van der Waals surface area (Å²) in [5.41, 5.74) is 1.62. The molecule has 0 saturated heterocycles. The maximum atomic E-state index is 12.1. The first-order valence-electron chi connectivity index (χ1n) is 7.42. The molecule has 0 spiro atoms. The molecule has 5 nitrogen and oxygen atoms in total. The monoisotopic (exact) mass is 312 g/mol. The molecule has 1 unspecified atom stereocenters. The molecular formula is C18H20N2O3. The molecule has 0 aliphatic carbocycles. The van der Waals surface area contributed by atoms with Gasteiger partial charge >= 0.3 is 0 Å². The Labute approximate surface area is 135 Å². The van der Waals surface area contributed by atoms with Gasteiger partial charge in [0.1, 0.15) is 0 Å². The van der Waals surface area contributed by atoms with Gasteiger partial charge in [-0.3, -0.25) is 9.59 Å². The van der Waals surface area contributed by atoms with Crippen molar-refractivity contribution in [3.05, 3.63) is 60.2 Å². The Kier molecular flexibility index (Phi) is 5.49. The van der Waals surface area contributed by atoms with Crippen LogP contribution in [0.5, 0.6) is 0 Å². The summed E-state index contributed by atoms with van der Waals surface area (Å²) in [7, 11) is 0. The summed E-state index contributed by atoms with van der Waals surface area (Å²) < 4.78 is 0. The van der Waals surface area contributed by atoms with E-state index in [-0.39, 0.29) is 11.8 Å². The van der Waals surface area contributed by atoms with E-state index in [9.17, 15) is 14.7 Å². The molecule has 2 aromatic carbocycles. The Morgan fingerprint density at radius 1 is 0.870 bits per heavy atom. The molecule has 0 aromatic heterocycles. The first kappa shape index (κ1) is 16.7. The normalized spacial score (nSPS) is 11.8. The van der Waals surface area contributed by atoms with Crippen molar-refractivity contribution < 1.29 is 14.7 Å². The highest BCUT2D eigenvalue weighted by atomic mass is 16.3. The van der Waals surface area contributed by atoms with Gasteiger partial charge < -0.3 is 15.7 Å². The molecule has 1 atom stereocenters. The van der Waals surface area contributed by atoms with E-state index in [1.165, 1.54) is 0 Å².